The molecule has 0 fully saturated rings. The van der Waals surface area contributed by atoms with E-state index in [4.69, 9.17) is 16.3 Å². The van der Waals surface area contributed by atoms with Crippen molar-refractivity contribution in [2.24, 2.45) is 4.99 Å². The molecule has 3 aromatic rings. The van der Waals surface area contributed by atoms with Gasteiger partial charge in [0.2, 0.25) is 0 Å². The van der Waals surface area contributed by atoms with Crippen molar-refractivity contribution in [3.05, 3.63) is 63.9 Å². The van der Waals surface area contributed by atoms with Gasteiger partial charge in [-0.25, -0.2) is 4.99 Å². The summed E-state index contributed by atoms with van der Waals surface area (Å²) in [6.45, 7) is 11.2. The number of nitrogens with zero attached hydrogens (tertiary/aromatic N) is 4. The van der Waals surface area contributed by atoms with Crippen molar-refractivity contribution in [3.8, 4) is 10.9 Å². The van der Waals surface area contributed by atoms with Crippen LogP contribution in [0.5, 0.6) is 10.9 Å². The fraction of sp³-hybridized carbons (Fsp3) is 0.348. The summed E-state index contributed by atoms with van der Waals surface area (Å²) in [4.78, 5) is 11.3. The van der Waals surface area contributed by atoms with Crippen molar-refractivity contribution in [2.45, 2.75) is 40.0 Å². The average Bonchev–Trinajstić information content (AvgIpc) is 3.19. The van der Waals surface area contributed by atoms with Gasteiger partial charge in [-0.2, -0.15) is 9.36 Å². The summed E-state index contributed by atoms with van der Waals surface area (Å²) in [7, 11) is 2.00. The molecule has 7 heteroatoms. The lowest BCUT2D eigenvalue weighted by atomic mass is 9.84. The first-order valence-corrected chi connectivity index (χ1v) is 11.0. The molecule has 1 heterocycles. The largest absolute Gasteiger partial charge is 0.430 e. The molecule has 5 nitrogen and oxygen atoms in total. The molecule has 3 rings (SSSR count). The molecular formula is C23H27ClN4OS. The number of ether oxygens (including phenoxy) is 1. The first-order chi connectivity index (χ1) is 14.2. The van der Waals surface area contributed by atoms with Gasteiger partial charge in [-0.05, 0) is 75.6 Å². The molecule has 0 aliphatic heterocycles. The maximum Gasteiger partial charge on any atom is 0.298 e. The summed E-state index contributed by atoms with van der Waals surface area (Å²) in [5, 5.41) is 1.24. The molecule has 0 N–H and O–H groups in total. The van der Waals surface area contributed by atoms with Crippen LogP contribution in [-0.4, -0.2) is 34.2 Å². The van der Waals surface area contributed by atoms with Gasteiger partial charge in [0.1, 0.15) is 5.75 Å². The normalized spacial score (nSPS) is 11.8. The van der Waals surface area contributed by atoms with Crippen LogP contribution >= 0.6 is 23.1 Å². The van der Waals surface area contributed by atoms with E-state index in [1.807, 2.05) is 68.5 Å². The van der Waals surface area contributed by atoms with Crippen LogP contribution in [0.2, 0.25) is 5.02 Å². The molecular weight excluding hydrogens is 416 g/mol. The Balaban J connectivity index is 1.81. The van der Waals surface area contributed by atoms with E-state index < -0.39 is 0 Å². The van der Waals surface area contributed by atoms with Gasteiger partial charge in [0.25, 0.3) is 5.19 Å². The molecule has 2 aromatic carbocycles. The lowest BCUT2D eigenvalue weighted by molar-refractivity contribution is 0.468. The third-order valence-electron chi connectivity index (χ3n) is 5.12. The molecule has 0 aliphatic carbocycles. The van der Waals surface area contributed by atoms with Crippen LogP contribution in [0.15, 0.2) is 41.4 Å². The zero-order chi connectivity index (χ0) is 21.9. The standard InChI is InChI=1S/C23H27ClN4OS/c1-7-28(6)14-25-19-12-16(3)20(13-15(19)2)29-22-26-21(27-30-22)23(4,5)17-8-10-18(24)11-9-17/h8-14H,7H2,1-6H3/b25-14-. The van der Waals surface area contributed by atoms with Crippen LogP contribution in [-0.2, 0) is 5.41 Å². The van der Waals surface area contributed by atoms with E-state index in [-0.39, 0.29) is 5.41 Å². The van der Waals surface area contributed by atoms with Crippen LogP contribution in [0.25, 0.3) is 0 Å². The van der Waals surface area contributed by atoms with E-state index >= 15 is 0 Å². The minimum atomic E-state index is -0.350. The van der Waals surface area contributed by atoms with Crippen molar-refractivity contribution in [1.29, 1.82) is 0 Å². The molecule has 0 saturated heterocycles. The van der Waals surface area contributed by atoms with E-state index in [2.05, 4.69) is 35.1 Å². The molecule has 0 amide bonds. The highest BCUT2D eigenvalue weighted by molar-refractivity contribution is 7.07. The number of aromatic nitrogens is 2. The van der Waals surface area contributed by atoms with Crippen LogP contribution < -0.4 is 4.74 Å². The maximum absolute atomic E-state index is 6.08. The molecule has 0 radical (unpaired) electrons. The Bertz CT molecular complexity index is 1040. The zero-order valence-electron chi connectivity index (χ0n) is 18.2. The first kappa shape index (κ1) is 22.2. The third-order valence-corrected chi connectivity index (χ3v) is 5.96. The monoisotopic (exact) mass is 442 g/mol. The Morgan fingerprint density at radius 3 is 2.53 bits per heavy atom. The summed E-state index contributed by atoms with van der Waals surface area (Å²) in [5.41, 5.74) is 3.73. The van der Waals surface area contributed by atoms with Crippen LogP contribution in [0.4, 0.5) is 5.69 Å². The Kier molecular flexibility index (Phi) is 6.78. The quantitative estimate of drug-likeness (QED) is 0.308. The molecule has 0 unspecified atom stereocenters. The van der Waals surface area contributed by atoms with Crippen molar-refractivity contribution >= 4 is 35.2 Å². The van der Waals surface area contributed by atoms with Crippen LogP contribution in [0.1, 0.15) is 43.3 Å². The van der Waals surface area contributed by atoms with Crippen LogP contribution in [0, 0.1) is 13.8 Å². The fourth-order valence-electron chi connectivity index (χ4n) is 2.86. The molecule has 0 bridgehead atoms. The highest BCUT2D eigenvalue weighted by Crippen LogP contribution is 2.35. The lowest BCUT2D eigenvalue weighted by Gasteiger charge is -2.21. The van der Waals surface area contributed by atoms with E-state index in [1.165, 1.54) is 11.5 Å². The first-order valence-electron chi connectivity index (χ1n) is 9.84. The molecule has 1 aromatic heterocycles. The van der Waals surface area contributed by atoms with Crippen molar-refractivity contribution in [1.82, 2.24) is 14.3 Å². The van der Waals surface area contributed by atoms with Crippen molar-refractivity contribution < 1.29 is 4.74 Å². The Morgan fingerprint density at radius 2 is 1.87 bits per heavy atom. The Labute approximate surface area is 187 Å². The number of aryl methyl sites for hydroxylation is 2. The summed E-state index contributed by atoms with van der Waals surface area (Å²) < 4.78 is 10.6. The van der Waals surface area contributed by atoms with Gasteiger partial charge >= 0.3 is 0 Å². The Morgan fingerprint density at radius 1 is 1.17 bits per heavy atom. The van der Waals surface area contributed by atoms with Gasteiger partial charge in [-0.15, -0.1) is 0 Å². The van der Waals surface area contributed by atoms with Gasteiger partial charge in [0, 0.05) is 30.1 Å². The Hall–Kier alpha value is -2.44. The highest BCUT2D eigenvalue weighted by Gasteiger charge is 2.28. The number of halogens is 1. The fourth-order valence-corrected chi connectivity index (χ4v) is 3.67. The maximum atomic E-state index is 6.08. The minimum absolute atomic E-state index is 0.350. The van der Waals surface area contributed by atoms with E-state index in [0.29, 0.717) is 10.2 Å². The summed E-state index contributed by atoms with van der Waals surface area (Å²) >= 11 is 7.28. The third kappa shape index (κ3) is 4.99. The molecule has 30 heavy (non-hydrogen) atoms. The SMILES string of the molecule is CCN(C)/C=N\c1cc(C)c(Oc2nc(C(C)(C)c3ccc(Cl)cc3)ns2)cc1C. The number of hydrogen-bond donors (Lipinski definition) is 0. The zero-order valence-corrected chi connectivity index (χ0v) is 19.8. The van der Waals surface area contributed by atoms with Crippen LogP contribution in [0.3, 0.4) is 0 Å². The summed E-state index contributed by atoms with van der Waals surface area (Å²) in [5.74, 6) is 1.49. The van der Waals surface area contributed by atoms with Gasteiger partial charge in [-0.1, -0.05) is 23.7 Å². The van der Waals surface area contributed by atoms with Gasteiger partial charge in [0.05, 0.1) is 17.4 Å². The topological polar surface area (TPSA) is 50.6 Å². The second kappa shape index (κ2) is 9.14. The van der Waals surface area contributed by atoms with Gasteiger partial charge < -0.3 is 9.64 Å². The van der Waals surface area contributed by atoms with E-state index in [9.17, 15) is 0 Å². The number of aliphatic imine (C=N–C) groups is 1. The summed E-state index contributed by atoms with van der Waals surface area (Å²) in [6.07, 6.45) is 1.85. The summed E-state index contributed by atoms with van der Waals surface area (Å²) in [6, 6.07) is 11.8. The molecule has 0 saturated carbocycles. The lowest BCUT2D eigenvalue weighted by Crippen LogP contribution is -2.20. The minimum Gasteiger partial charge on any atom is -0.430 e. The van der Waals surface area contributed by atoms with Gasteiger partial charge in [0.15, 0.2) is 5.82 Å². The van der Waals surface area contributed by atoms with E-state index in [1.54, 1.807) is 0 Å². The second-order valence-corrected chi connectivity index (χ2v) is 8.99. The molecule has 0 atom stereocenters. The molecule has 0 aliphatic rings. The molecule has 158 valence electrons. The van der Waals surface area contributed by atoms with Crippen molar-refractivity contribution in [3.63, 3.8) is 0 Å². The van der Waals surface area contributed by atoms with E-state index in [0.717, 1.165) is 40.5 Å². The predicted molar refractivity (Wildman–Crippen MR) is 126 cm³/mol. The molecule has 0 spiro atoms. The number of hydrogen-bond acceptors (Lipinski definition) is 5. The van der Waals surface area contributed by atoms with Gasteiger partial charge in [-0.3, -0.25) is 0 Å². The van der Waals surface area contributed by atoms with Crippen molar-refractivity contribution in [2.75, 3.05) is 13.6 Å². The number of benzene rings is 2. The smallest absolute Gasteiger partial charge is 0.298 e. The average molecular weight is 443 g/mol. The second-order valence-electron chi connectivity index (χ2n) is 7.84. The number of rotatable bonds is 7. The predicted octanol–water partition coefficient (Wildman–Crippen LogP) is 6.54. The highest BCUT2D eigenvalue weighted by atomic mass is 35.5.